The van der Waals surface area contributed by atoms with Crippen LogP contribution in [0.2, 0.25) is 0 Å². The Kier molecular flexibility index (Phi) is 11.1. The Morgan fingerprint density at radius 2 is 0.357 bits per heavy atom. The van der Waals surface area contributed by atoms with Crippen LogP contribution in [0, 0.1) is 65.3 Å². The molecule has 12 heteroatoms. The molecular weight excluding hydrogens is 972 g/mol. The Hall–Kier alpha value is -4.96. The summed E-state index contributed by atoms with van der Waals surface area (Å²) in [4.78, 5) is 0. The summed E-state index contributed by atoms with van der Waals surface area (Å²) in [6.45, 7) is 0. The maximum Gasteiger partial charge on any atom is 0.200 e. The van der Waals surface area contributed by atoms with Crippen molar-refractivity contribution in [1.29, 1.82) is 0 Å². The van der Waals surface area contributed by atoms with Crippen molar-refractivity contribution in [3.05, 3.63) is 187 Å². The second-order valence-electron chi connectivity index (χ2n) is 12.3. The summed E-state index contributed by atoms with van der Waals surface area (Å²) in [5.41, 5.74) is 0. The van der Waals surface area contributed by atoms with Crippen LogP contribution in [0.25, 0.3) is 64.6 Å². The molecule has 56 heavy (non-hydrogen) atoms. The zero-order valence-electron chi connectivity index (χ0n) is 28.1. The van der Waals surface area contributed by atoms with Crippen LogP contribution in [0.1, 0.15) is 0 Å². The molecule has 0 N–H and O–H groups in total. The Labute approximate surface area is 338 Å². The first-order valence-electron chi connectivity index (χ1n) is 16.4. The molecule has 0 amide bonds. The van der Waals surface area contributed by atoms with Crippen LogP contribution in [-0.4, -0.2) is 0 Å². The summed E-state index contributed by atoms with van der Waals surface area (Å²) >= 11 is 2.08. The maximum atomic E-state index is 12.4. The molecule has 0 saturated carbocycles. The van der Waals surface area contributed by atoms with Gasteiger partial charge < -0.3 is 0 Å². The van der Waals surface area contributed by atoms with E-state index >= 15 is 0 Å². The molecule has 0 atom stereocenters. The normalized spacial score (nSPS) is 11.2. The first kappa shape index (κ1) is 39.3. The van der Waals surface area contributed by atoms with Crippen LogP contribution in [0.15, 0.2) is 121 Å². The summed E-state index contributed by atoms with van der Waals surface area (Å²) in [7, 11) is 0. The average Bonchev–Trinajstić information content (AvgIpc) is 3.24. The van der Waals surface area contributed by atoms with Crippen LogP contribution in [-0.2, 0) is 0 Å². The van der Waals surface area contributed by atoms with Gasteiger partial charge >= 0.3 is 0 Å². The number of hydrogen-bond acceptors (Lipinski definition) is 0. The lowest BCUT2D eigenvalue weighted by molar-refractivity contribution is 0.373. The molecule has 0 heterocycles. The van der Waals surface area contributed by atoms with Crippen LogP contribution >= 0.6 is 45.2 Å². The van der Waals surface area contributed by atoms with Gasteiger partial charge in [0.05, 0.1) is 7.14 Å². The van der Waals surface area contributed by atoms with Crippen LogP contribution in [0.3, 0.4) is 0 Å². The molecule has 0 fully saturated rings. The molecule has 10 aromatic carbocycles. The minimum atomic E-state index is -2.13. The van der Waals surface area contributed by atoms with E-state index < -0.39 is 65.3 Å². The third-order valence-electron chi connectivity index (χ3n) is 9.10. The lowest BCUT2D eigenvalue weighted by Gasteiger charge is -2.09. The highest BCUT2D eigenvalue weighted by molar-refractivity contribution is 14.1. The van der Waals surface area contributed by atoms with Crippen molar-refractivity contribution in [3.63, 3.8) is 0 Å². The molecule has 0 aromatic heterocycles. The Bertz CT molecular complexity index is 2400. The van der Waals surface area contributed by atoms with Gasteiger partial charge in [-0.2, -0.15) is 0 Å². The van der Waals surface area contributed by atoms with E-state index in [2.05, 4.69) is 121 Å². The third-order valence-corrected chi connectivity index (χ3v) is 11.0. The monoisotopic (exact) mass is 992 g/mol. The number of benzene rings is 10. The van der Waals surface area contributed by atoms with Gasteiger partial charge in [0, 0.05) is 0 Å². The van der Waals surface area contributed by atoms with E-state index in [0.717, 1.165) is 45.2 Å². The second kappa shape index (κ2) is 15.9. The summed E-state index contributed by atoms with van der Waals surface area (Å²) in [5, 5.41) is 16.3. The topological polar surface area (TPSA) is 0 Å². The fourth-order valence-electron chi connectivity index (χ4n) is 6.50. The molecule has 10 aromatic rings. The van der Waals surface area contributed by atoms with Crippen molar-refractivity contribution < 1.29 is 43.9 Å². The number of halogens is 12. The highest BCUT2D eigenvalue weighted by atomic mass is 127. The Morgan fingerprint density at radius 1 is 0.214 bits per heavy atom. The maximum absolute atomic E-state index is 12.4. The van der Waals surface area contributed by atoms with Crippen molar-refractivity contribution in [1.82, 2.24) is 0 Å². The highest BCUT2D eigenvalue weighted by Crippen LogP contribution is 2.35. The SMILES string of the molecule is Fc1c(F)c(F)c(I)c(F)c1F.Fc1c(F)c(F)c(I)c(F)c1F.c1cc2ccc3cccc4ccc(c1)c2c34.c1cc2ccc3cccc4ccc(c1)c2c34. The molecule has 10 rings (SSSR count). The largest absolute Gasteiger partial charge is 0.202 e. The Balaban J connectivity index is 0.000000116. The van der Waals surface area contributed by atoms with Crippen molar-refractivity contribution >= 4 is 110 Å². The predicted octanol–water partition coefficient (Wildman–Crippen LogP) is 15.1. The molecular formula is C44H20F10I2. The fourth-order valence-corrected chi connectivity index (χ4v) is 7.44. The van der Waals surface area contributed by atoms with E-state index in [9.17, 15) is 43.9 Å². The molecule has 0 aliphatic carbocycles. The minimum absolute atomic E-state index is 0.899. The van der Waals surface area contributed by atoms with E-state index in [0.29, 0.717) is 0 Å². The summed E-state index contributed by atoms with van der Waals surface area (Å²) in [5.74, 6) is -19.1. The van der Waals surface area contributed by atoms with Gasteiger partial charge in [-0.1, -0.05) is 121 Å². The molecule has 0 nitrogen and oxygen atoms in total. The van der Waals surface area contributed by atoms with E-state index in [4.69, 9.17) is 0 Å². The van der Waals surface area contributed by atoms with Crippen molar-refractivity contribution in [2.75, 3.05) is 0 Å². The smallest absolute Gasteiger partial charge is 0.200 e. The molecule has 0 saturated heterocycles. The lowest BCUT2D eigenvalue weighted by atomic mass is 9.95. The van der Waals surface area contributed by atoms with Gasteiger partial charge in [0.1, 0.15) is 0 Å². The quantitative estimate of drug-likeness (QED) is 0.0467. The molecule has 0 spiro atoms. The van der Waals surface area contributed by atoms with Gasteiger partial charge in [0.25, 0.3) is 0 Å². The minimum Gasteiger partial charge on any atom is -0.202 e. The van der Waals surface area contributed by atoms with Gasteiger partial charge in [-0.25, -0.2) is 43.9 Å². The fraction of sp³-hybridized carbons (Fsp3) is 0. The van der Waals surface area contributed by atoms with E-state index in [1.165, 1.54) is 64.6 Å². The molecule has 0 aliphatic rings. The van der Waals surface area contributed by atoms with Gasteiger partial charge in [-0.3, -0.25) is 0 Å². The number of hydrogen-bond donors (Lipinski definition) is 0. The van der Waals surface area contributed by atoms with Crippen LogP contribution in [0.5, 0.6) is 0 Å². The predicted molar refractivity (Wildman–Crippen MR) is 218 cm³/mol. The van der Waals surface area contributed by atoms with Crippen molar-refractivity contribution in [2.45, 2.75) is 0 Å². The molecule has 0 aliphatic heterocycles. The van der Waals surface area contributed by atoms with E-state index in [-0.39, 0.29) is 0 Å². The second-order valence-corrected chi connectivity index (χ2v) is 14.5. The molecule has 0 bridgehead atoms. The van der Waals surface area contributed by atoms with Crippen molar-refractivity contribution in [3.8, 4) is 0 Å². The van der Waals surface area contributed by atoms with Gasteiger partial charge in [0.15, 0.2) is 46.5 Å². The lowest BCUT2D eigenvalue weighted by Crippen LogP contribution is -2.03. The number of rotatable bonds is 0. The summed E-state index contributed by atoms with van der Waals surface area (Å²) in [6.07, 6.45) is 0. The van der Waals surface area contributed by atoms with Crippen LogP contribution in [0.4, 0.5) is 43.9 Å². The Morgan fingerprint density at radius 3 is 0.518 bits per heavy atom. The van der Waals surface area contributed by atoms with Gasteiger partial charge in [-0.15, -0.1) is 0 Å². The zero-order chi connectivity index (χ0) is 40.0. The first-order valence-corrected chi connectivity index (χ1v) is 18.5. The molecule has 280 valence electrons. The average molecular weight is 992 g/mol. The summed E-state index contributed by atoms with van der Waals surface area (Å²) < 4.78 is 121. The van der Waals surface area contributed by atoms with E-state index in [1.807, 2.05) is 0 Å². The highest BCUT2D eigenvalue weighted by Gasteiger charge is 2.25. The summed E-state index contributed by atoms with van der Waals surface area (Å²) in [6, 6.07) is 43.7. The van der Waals surface area contributed by atoms with Crippen LogP contribution < -0.4 is 0 Å². The standard InChI is InChI=1S/2C16H10.2C6F5I/c2*1-3-11-7-9-13-5-2-6-14-10-8-12(4-1)15(11)16(13)14;2*7-1-2(8)4(10)6(12)5(11)3(1)9/h2*1-10H;;. The van der Waals surface area contributed by atoms with Gasteiger partial charge in [-0.05, 0) is 110 Å². The molecule has 0 radical (unpaired) electrons. The van der Waals surface area contributed by atoms with E-state index in [1.54, 1.807) is 0 Å². The molecule has 0 unspecified atom stereocenters. The third kappa shape index (κ3) is 7.01. The zero-order valence-corrected chi connectivity index (χ0v) is 32.4. The van der Waals surface area contributed by atoms with Gasteiger partial charge in [0.2, 0.25) is 11.6 Å². The van der Waals surface area contributed by atoms with Crippen molar-refractivity contribution in [2.24, 2.45) is 0 Å². The first-order chi connectivity index (χ1) is 26.8.